The second-order valence-electron chi connectivity index (χ2n) is 1.81. The van der Waals surface area contributed by atoms with Crippen molar-refractivity contribution in [3.63, 3.8) is 0 Å². The van der Waals surface area contributed by atoms with Crippen LogP contribution in [0.15, 0.2) is 0 Å². The van der Waals surface area contributed by atoms with Crippen molar-refractivity contribution < 1.29 is 55.9 Å². The third-order valence-electron chi connectivity index (χ3n) is 0.553. The van der Waals surface area contributed by atoms with Crippen LogP contribution in [0.3, 0.4) is 0 Å². The molecule has 0 aliphatic rings. The zero-order valence-electron chi connectivity index (χ0n) is 6.98. The standard InChI is InChI=1S/C4H6O4.C2H4O2.Zr/c5-3(6)1-2-4(7)8;1-2(3)4;/h1-2H2,(H,5,6)(H,7,8);1H3,(H,3,4);. The molecule has 13 heavy (non-hydrogen) atoms. The molecule has 0 atom stereocenters. The summed E-state index contributed by atoms with van der Waals surface area (Å²) >= 11 is 0. The SMILES string of the molecule is CC(=O)O.O=C(O)CCC(=O)O.[Zr]. The molecule has 7 heteroatoms. The molecule has 0 aliphatic carbocycles. The van der Waals surface area contributed by atoms with Gasteiger partial charge in [-0.05, 0) is 0 Å². The molecule has 0 rings (SSSR count). The quantitative estimate of drug-likeness (QED) is 0.666. The monoisotopic (exact) mass is 268 g/mol. The Labute approximate surface area is 93.7 Å². The molecule has 0 spiro atoms. The summed E-state index contributed by atoms with van der Waals surface area (Å²) in [7, 11) is 0. The third kappa shape index (κ3) is 52.9. The van der Waals surface area contributed by atoms with Crippen LogP contribution in [0.25, 0.3) is 0 Å². The second-order valence-corrected chi connectivity index (χ2v) is 1.81. The Bertz CT molecular complexity index is 160. The van der Waals surface area contributed by atoms with E-state index in [2.05, 4.69) is 0 Å². The molecule has 0 amide bonds. The number of hydrogen-bond donors (Lipinski definition) is 3. The predicted octanol–water partition coefficient (Wildman–Crippen LogP) is 0.0242. The summed E-state index contributed by atoms with van der Waals surface area (Å²) in [5, 5.41) is 23.2. The summed E-state index contributed by atoms with van der Waals surface area (Å²) in [6, 6.07) is 0. The van der Waals surface area contributed by atoms with E-state index in [1.54, 1.807) is 0 Å². The molecule has 6 nitrogen and oxygen atoms in total. The first-order valence-electron chi connectivity index (χ1n) is 2.99. The van der Waals surface area contributed by atoms with Gasteiger partial charge in [-0.3, -0.25) is 14.4 Å². The van der Waals surface area contributed by atoms with E-state index in [0.29, 0.717) is 0 Å². The van der Waals surface area contributed by atoms with E-state index < -0.39 is 17.9 Å². The van der Waals surface area contributed by atoms with Crippen LogP contribution in [0.5, 0.6) is 0 Å². The van der Waals surface area contributed by atoms with Crippen LogP contribution < -0.4 is 0 Å². The first-order valence-corrected chi connectivity index (χ1v) is 2.99. The van der Waals surface area contributed by atoms with Crippen LogP contribution in [-0.2, 0) is 40.6 Å². The number of carboxylic acids is 3. The van der Waals surface area contributed by atoms with Crippen LogP contribution in [-0.4, -0.2) is 33.2 Å². The third-order valence-corrected chi connectivity index (χ3v) is 0.553. The summed E-state index contributed by atoms with van der Waals surface area (Å²) in [5.74, 6) is -2.99. The molecule has 0 bridgehead atoms. The van der Waals surface area contributed by atoms with Crippen molar-refractivity contribution in [1.82, 2.24) is 0 Å². The number of carbonyl (C=O) groups is 3. The molecule has 0 saturated carbocycles. The van der Waals surface area contributed by atoms with Crippen molar-refractivity contribution >= 4 is 17.9 Å². The Morgan fingerprint density at radius 1 is 0.923 bits per heavy atom. The molecule has 0 aromatic rings. The van der Waals surface area contributed by atoms with Crippen molar-refractivity contribution in [3.05, 3.63) is 0 Å². The Kier molecular flexibility index (Phi) is 15.8. The molecule has 0 aromatic carbocycles. The summed E-state index contributed by atoms with van der Waals surface area (Å²) in [6.45, 7) is 1.08. The zero-order chi connectivity index (χ0) is 10.1. The first-order chi connectivity index (χ1) is 5.36. The summed E-state index contributed by atoms with van der Waals surface area (Å²) in [6.07, 6.45) is -0.593. The molecule has 0 unspecified atom stereocenters. The largest absolute Gasteiger partial charge is 0.481 e. The molecule has 0 saturated heterocycles. The van der Waals surface area contributed by atoms with Crippen molar-refractivity contribution in [2.45, 2.75) is 19.8 Å². The molecule has 74 valence electrons. The van der Waals surface area contributed by atoms with Crippen LogP contribution in [0.2, 0.25) is 0 Å². The topological polar surface area (TPSA) is 112 Å². The van der Waals surface area contributed by atoms with Crippen LogP contribution in [0.4, 0.5) is 0 Å². The van der Waals surface area contributed by atoms with Gasteiger partial charge in [0.05, 0.1) is 12.8 Å². The fourth-order valence-corrected chi connectivity index (χ4v) is 0.214. The fourth-order valence-electron chi connectivity index (χ4n) is 0.214. The maximum absolute atomic E-state index is 9.64. The Hall–Kier alpha value is -0.707. The predicted molar refractivity (Wildman–Crippen MR) is 37.8 cm³/mol. The normalized spacial score (nSPS) is 7.15. The number of carboxylic acid groups (broad SMARTS) is 3. The van der Waals surface area contributed by atoms with Gasteiger partial charge in [-0.15, -0.1) is 0 Å². The van der Waals surface area contributed by atoms with Gasteiger partial charge in [0.25, 0.3) is 5.97 Å². The average molecular weight is 269 g/mol. The second kappa shape index (κ2) is 11.3. The minimum absolute atomic E-state index is 0. The van der Waals surface area contributed by atoms with Crippen LogP contribution in [0.1, 0.15) is 19.8 Å². The van der Waals surface area contributed by atoms with Crippen molar-refractivity contribution in [1.29, 1.82) is 0 Å². The van der Waals surface area contributed by atoms with Gasteiger partial charge in [-0.1, -0.05) is 0 Å². The average Bonchev–Trinajstić information content (AvgIpc) is 1.82. The van der Waals surface area contributed by atoms with Gasteiger partial charge in [0.2, 0.25) is 0 Å². The number of aliphatic carboxylic acids is 3. The van der Waals surface area contributed by atoms with E-state index in [9.17, 15) is 9.59 Å². The van der Waals surface area contributed by atoms with E-state index in [4.69, 9.17) is 20.1 Å². The van der Waals surface area contributed by atoms with Gasteiger partial charge < -0.3 is 15.3 Å². The van der Waals surface area contributed by atoms with Gasteiger partial charge in [-0.2, -0.15) is 0 Å². The fraction of sp³-hybridized carbons (Fsp3) is 0.500. The van der Waals surface area contributed by atoms with Gasteiger partial charge >= 0.3 is 11.9 Å². The van der Waals surface area contributed by atoms with E-state index in [1.165, 1.54) is 0 Å². The summed E-state index contributed by atoms with van der Waals surface area (Å²) in [4.78, 5) is 28.3. The summed E-state index contributed by atoms with van der Waals surface area (Å²) < 4.78 is 0. The van der Waals surface area contributed by atoms with E-state index in [1.807, 2.05) is 0 Å². The van der Waals surface area contributed by atoms with Crippen molar-refractivity contribution in [2.75, 3.05) is 0 Å². The molecular weight excluding hydrogens is 259 g/mol. The Morgan fingerprint density at radius 2 is 1.08 bits per heavy atom. The minimum atomic E-state index is -1.08. The van der Waals surface area contributed by atoms with Gasteiger partial charge in [0.15, 0.2) is 0 Å². The minimum Gasteiger partial charge on any atom is -0.481 e. The number of rotatable bonds is 3. The Balaban J connectivity index is -0.000000173. The van der Waals surface area contributed by atoms with Crippen molar-refractivity contribution in [3.8, 4) is 0 Å². The first kappa shape index (κ1) is 18.2. The smallest absolute Gasteiger partial charge is 0.303 e. The molecular formula is C6H10O6Zr. The molecule has 3 N–H and O–H groups in total. The molecule has 0 aliphatic heterocycles. The summed E-state index contributed by atoms with van der Waals surface area (Å²) in [5.41, 5.74) is 0. The van der Waals surface area contributed by atoms with E-state index >= 15 is 0 Å². The molecule has 0 heterocycles. The molecule has 0 fully saturated rings. The maximum Gasteiger partial charge on any atom is 0.303 e. The van der Waals surface area contributed by atoms with Crippen molar-refractivity contribution in [2.24, 2.45) is 0 Å². The zero-order valence-corrected chi connectivity index (χ0v) is 9.44. The number of hydrogen-bond acceptors (Lipinski definition) is 3. The molecule has 0 aromatic heterocycles. The van der Waals surface area contributed by atoms with Crippen LogP contribution >= 0.6 is 0 Å². The van der Waals surface area contributed by atoms with Gasteiger partial charge in [0, 0.05) is 33.1 Å². The van der Waals surface area contributed by atoms with Gasteiger partial charge in [-0.25, -0.2) is 0 Å². The Morgan fingerprint density at radius 3 is 1.15 bits per heavy atom. The van der Waals surface area contributed by atoms with E-state index in [-0.39, 0.29) is 39.0 Å². The van der Waals surface area contributed by atoms with Gasteiger partial charge in [0.1, 0.15) is 0 Å². The van der Waals surface area contributed by atoms with Crippen LogP contribution in [0, 0.1) is 0 Å². The molecule has 0 radical (unpaired) electrons. The van der Waals surface area contributed by atoms with E-state index in [0.717, 1.165) is 6.92 Å². The maximum atomic E-state index is 9.64.